The lowest BCUT2D eigenvalue weighted by molar-refractivity contribution is -0.149. The predicted octanol–water partition coefficient (Wildman–Crippen LogP) is 1.91. The predicted molar refractivity (Wildman–Crippen MR) is 77.6 cm³/mol. The standard InChI is InChI=1S/C16H21NO4/c1-12-9-14(7-8-21-12)16(20)17(11-15(18)19)10-13-5-3-2-4-6-13/h2-6,12,14H,7-11H2,1H3,(H,18,19). The quantitative estimate of drug-likeness (QED) is 0.900. The van der Waals surface area contributed by atoms with Gasteiger partial charge in [-0.2, -0.15) is 0 Å². The number of carboxylic acid groups (broad SMARTS) is 1. The molecule has 0 aromatic heterocycles. The van der Waals surface area contributed by atoms with Crippen LogP contribution in [0.5, 0.6) is 0 Å². The molecule has 21 heavy (non-hydrogen) atoms. The Morgan fingerprint density at radius 1 is 1.33 bits per heavy atom. The molecule has 1 fully saturated rings. The molecule has 1 heterocycles. The molecule has 0 spiro atoms. The summed E-state index contributed by atoms with van der Waals surface area (Å²) in [6.45, 7) is 2.57. The van der Waals surface area contributed by atoms with E-state index in [1.54, 1.807) is 0 Å². The fourth-order valence-electron chi connectivity index (χ4n) is 2.66. The van der Waals surface area contributed by atoms with E-state index in [0.29, 0.717) is 26.0 Å². The Bertz CT molecular complexity index is 488. The lowest BCUT2D eigenvalue weighted by atomic mass is 9.94. The number of aliphatic carboxylic acids is 1. The number of hydrogen-bond donors (Lipinski definition) is 1. The van der Waals surface area contributed by atoms with Crippen LogP contribution in [0.2, 0.25) is 0 Å². The number of nitrogens with zero attached hydrogens (tertiary/aromatic N) is 1. The van der Waals surface area contributed by atoms with Crippen LogP contribution in [-0.2, 0) is 20.9 Å². The van der Waals surface area contributed by atoms with Crippen molar-refractivity contribution < 1.29 is 19.4 Å². The summed E-state index contributed by atoms with van der Waals surface area (Å²) >= 11 is 0. The Hall–Kier alpha value is -1.88. The molecule has 0 saturated carbocycles. The third kappa shape index (κ3) is 4.56. The molecule has 0 aliphatic carbocycles. The van der Waals surface area contributed by atoms with Gasteiger partial charge in [0.1, 0.15) is 6.54 Å². The minimum Gasteiger partial charge on any atom is -0.480 e. The fourth-order valence-corrected chi connectivity index (χ4v) is 2.66. The minimum absolute atomic E-state index is 0.0519. The first kappa shape index (κ1) is 15.5. The van der Waals surface area contributed by atoms with E-state index in [1.165, 1.54) is 4.90 Å². The number of ether oxygens (including phenoxy) is 1. The normalized spacial score (nSPS) is 21.8. The SMILES string of the molecule is CC1CC(C(=O)N(CC(=O)O)Cc2ccccc2)CCO1. The van der Waals surface area contributed by atoms with Crippen LogP contribution in [0, 0.1) is 5.92 Å². The second-order valence-corrected chi connectivity index (χ2v) is 5.48. The summed E-state index contributed by atoms with van der Waals surface area (Å²) in [7, 11) is 0. The smallest absolute Gasteiger partial charge is 0.323 e. The molecular formula is C16H21NO4. The number of carbonyl (C=O) groups is 2. The Balaban J connectivity index is 2.07. The molecule has 2 unspecified atom stereocenters. The molecule has 1 N–H and O–H groups in total. The van der Waals surface area contributed by atoms with Gasteiger partial charge in [-0.25, -0.2) is 0 Å². The molecule has 5 nitrogen and oxygen atoms in total. The molecule has 1 aliphatic rings. The monoisotopic (exact) mass is 291 g/mol. The van der Waals surface area contributed by atoms with E-state index in [-0.39, 0.29) is 24.5 Å². The largest absolute Gasteiger partial charge is 0.480 e. The van der Waals surface area contributed by atoms with Crippen LogP contribution in [0.1, 0.15) is 25.3 Å². The summed E-state index contributed by atoms with van der Waals surface area (Å²) in [5, 5.41) is 9.04. The van der Waals surface area contributed by atoms with Gasteiger partial charge in [-0.15, -0.1) is 0 Å². The van der Waals surface area contributed by atoms with E-state index < -0.39 is 5.97 Å². The van der Waals surface area contributed by atoms with Gasteiger partial charge in [-0.05, 0) is 25.3 Å². The van der Waals surface area contributed by atoms with Crippen LogP contribution in [0.4, 0.5) is 0 Å². The molecule has 5 heteroatoms. The third-order valence-corrected chi connectivity index (χ3v) is 3.69. The van der Waals surface area contributed by atoms with Crippen LogP contribution in [0.25, 0.3) is 0 Å². The van der Waals surface area contributed by atoms with Crippen molar-refractivity contribution in [2.45, 2.75) is 32.4 Å². The van der Waals surface area contributed by atoms with Crippen LogP contribution in [-0.4, -0.2) is 41.1 Å². The maximum absolute atomic E-state index is 12.6. The van der Waals surface area contributed by atoms with Gasteiger partial charge < -0.3 is 14.7 Å². The lowest BCUT2D eigenvalue weighted by Gasteiger charge is -2.31. The highest BCUT2D eigenvalue weighted by atomic mass is 16.5. The van der Waals surface area contributed by atoms with E-state index in [0.717, 1.165) is 5.56 Å². The van der Waals surface area contributed by atoms with Gasteiger partial charge in [0.25, 0.3) is 0 Å². The zero-order valence-corrected chi connectivity index (χ0v) is 12.2. The van der Waals surface area contributed by atoms with Gasteiger partial charge in [0.15, 0.2) is 0 Å². The highest BCUT2D eigenvalue weighted by Crippen LogP contribution is 2.23. The number of hydrogen-bond acceptors (Lipinski definition) is 3. The first-order valence-corrected chi connectivity index (χ1v) is 7.22. The topological polar surface area (TPSA) is 66.8 Å². The van der Waals surface area contributed by atoms with E-state index in [1.807, 2.05) is 37.3 Å². The third-order valence-electron chi connectivity index (χ3n) is 3.69. The highest BCUT2D eigenvalue weighted by Gasteiger charge is 2.30. The van der Waals surface area contributed by atoms with E-state index in [9.17, 15) is 9.59 Å². The van der Waals surface area contributed by atoms with E-state index >= 15 is 0 Å². The molecule has 1 aromatic carbocycles. The summed E-state index contributed by atoms with van der Waals surface area (Å²) in [6, 6.07) is 9.46. The molecule has 114 valence electrons. The van der Waals surface area contributed by atoms with Gasteiger partial charge in [0.05, 0.1) is 6.10 Å². The van der Waals surface area contributed by atoms with Crippen molar-refractivity contribution in [2.24, 2.45) is 5.92 Å². The molecule has 1 aromatic rings. The van der Waals surface area contributed by atoms with Crippen molar-refractivity contribution in [1.82, 2.24) is 4.90 Å². The number of benzene rings is 1. The summed E-state index contributed by atoms with van der Waals surface area (Å²) in [6.07, 6.45) is 1.37. The molecular weight excluding hydrogens is 270 g/mol. The fraction of sp³-hybridized carbons (Fsp3) is 0.500. The zero-order chi connectivity index (χ0) is 15.2. The van der Waals surface area contributed by atoms with Crippen LogP contribution < -0.4 is 0 Å². The van der Waals surface area contributed by atoms with Gasteiger partial charge >= 0.3 is 5.97 Å². The second kappa shape index (κ2) is 7.22. The first-order chi connectivity index (χ1) is 10.1. The van der Waals surface area contributed by atoms with Crippen LogP contribution in [0.3, 0.4) is 0 Å². The molecule has 2 atom stereocenters. The lowest BCUT2D eigenvalue weighted by Crippen LogP contribution is -2.42. The average Bonchev–Trinajstić information content (AvgIpc) is 2.46. The van der Waals surface area contributed by atoms with Crippen molar-refractivity contribution >= 4 is 11.9 Å². The Labute approximate surface area is 124 Å². The van der Waals surface area contributed by atoms with Gasteiger partial charge in [-0.1, -0.05) is 30.3 Å². The highest BCUT2D eigenvalue weighted by molar-refractivity contribution is 5.83. The second-order valence-electron chi connectivity index (χ2n) is 5.48. The summed E-state index contributed by atoms with van der Waals surface area (Å²) in [4.78, 5) is 25.1. The number of carboxylic acids is 1. The number of carbonyl (C=O) groups excluding carboxylic acids is 1. The molecule has 1 amide bonds. The Morgan fingerprint density at radius 3 is 2.67 bits per heavy atom. The number of rotatable bonds is 5. The van der Waals surface area contributed by atoms with E-state index in [2.05, 4.69) is 0 Å². The summed E-state index contributed by atoms with van der Waals surface area (Å²) in [5.41, 5.74) is 0.937. The summed E-state index contributed by atoms with van der Waals surface area (Å²) < 4.78 is 5.45. The van der Waals surface area contributed by atoms with Crippen molar-refractivity contribution in [2.75, 3.05) is 13.2 Å². The average molecular weight is 291 g/mol. The maximum Gasteiger partial charge on any atom is 0.323 e. The molecule has 0 radical (unpaired) electrons. The van der Waals surface area contributed by atoms with Gasteiger partial charge in [-0.3, -0.25) is 9.59 Å². The van der Waals surface area contributed by atoms with Crippen LogP contribution in [0.15, 0.2) is 30.3 Å². The summed E-state index contributed by atoms with van der Waals surface area (Å²) in [5.74, 6) is -1.22. The van der Waals surface area contributed by atoms with Crippen molar-refractivity contribution in [3.8, 4) is 0 Å². The number of amides is 1. The molecule has 1 aliphatic heterocycles. The van der Waals surface area contributed by atoms with Gasteiger partial charge in [0, 0.05) is 19.1 Å². The minimum atomic E-state index is -0.987. The zero-order valence-electron chi connectivity index (χ0n) is 12.2. The first-order valence-electron chi connectivity index (χ1n) is 7.22. The molecule has 1 saturated heterocycles. The van der Waals surface area contributed by atoms with E-state index in [4.69, 9.17) is 9.84 Å². The van der Waals surface area contributed by atoms with Gasteiger partial charge in [0.2, 0.25) is 5.91 Å². The van der Waals surface area contributed by atoms with Crippen molar-refractivity contribution in [3.05, 3.63) is 35.9 Å². The van der Waals surface area contributed by atoms with Crippen molar-refractivity contribution in [3.63, 3.8) is 0 Å². The van der Waals surface area contributed by atoms with Crippen LogP contribution >= 0.6 is 0 Å². The molecule has 0 bridgehead atoms. The van der Waals surface area contributed by atoms with Crippen molar-refractivity contribution in [1.29, 1.82) is 0 Å². The Morgan fingerprint density at radius 2 is 2.05 bits per heavy atom. The maximum atomic E-state index is 12.6. The molecule has 2 rings (SSSR count). The Kier molecular flexibility index (Phi) is 5.33.